The number of hydrogen-bond acceptors (Lipinski definition) is 1. The Labute approximate surface area is 81.2 Å². The second-order valence-electron chi connectivity index (χ2n) is 3.70. The molecule has 0 heterocycles. The van der Waals surface area contributed by atoms with E-state index in [1.807, 2.05) is 0 Å². The molecule has 1 aromatic rings. The lowest BCUT2D eigenvalue weighted by Gasteiger charge is -2.08. The van der Waals surface area contributed by atoms with Gasteiger partial charge >= 0.3 is 0 Å². The number of nitrogens with one attached hydrogen (secondary N) is 1. The zero-order valence-electron chi connectivity index (χ0n) is 8.80. The van der Waals surface area contributed by atoms with Gasteiger partial charge in [0, 0.05) is 12.2 Å². The lowest BCUT2D eigenvalue weighted by Crippen LogP contribution is -1.99. The lowest BCUT2D eigenvalue weighted by atomic mass is 10.0. The summed E-state index contributed by atoms with van der Waals surface area (Å²) in [5.41, 5.74) is 2.63. The van der Waals surface area contributed by atoms with E-state index in [-0.39, 0.29) is 0 Å². The highest BCUT2D eigenvalue weighted by Crippen LogP contribution is 2.16. The first-order valence-electron chi connectivity index (χ1n) is 5.08. The fourth-order valence-electron chi connectivity index (χ4n) is 1.26. The molecule has 0 aliphatic carbocycles. The zero-order chi connectivity index (χ0) is 9.68. The third-order valence-electron chi connectivity index (χ3n) is 2.16. The maximum atomic E-state index is 3.36. The summed E-state index contributed by atoms with van der Waals surface area (Å²) in [5, 5.41) is 3.36. The van der Waals surface area contributed by atoms with Crippen LogP contribution in [0.1, 0.15) is 38.7 Å². The van der Waals surface area contributed by atoms with Crippen LogP contribution in [0.4, 0.5) is 5.69 Å². The average molecular weight is 177 g/mol. The van der Waals surface area contributed by atoms with Gasteiger partial charge in [-0.25, -0.2) is 0 Å². The van der Waals surface area contributed by atoms with Crippen molar-refractivity contribution < 1.29 is 0 Å². The Kier molecular flexibility index (Phi) is 3.81. The Morgan fingerprint density at radius 2 is 1.77 bits per heavy atom. The predicted octanol–water partition coefficient (Wildman–Crippen LogP) is 3.63. The molecule has 0 spiro atoms. The van der Waals surface area contributed by atoms with Crippen molar-refractivity contribution in [2.45, 2.75) is 33.1 Å². The number of anilines is 1. The first kappa shape index (κ1) is 10.1. The van der Waals surface area contributed by atoms with E-state index >= 15 is 0 Å². The van der Waals surface area contributed by atoms with Crippen molar-refractivity contribution >= 4 is 5.69 Å². The number of hydrogen-bond donors (Lipinski definition) is 1. The van der Waals surface area contributed by atoms with Gasteiger partial charge < -0.3 is 5.32 Å². The lowest BCUT2D eigenvalue weighted by molar-refractivity contribution is 0.866. The molecular formula is C12H19N. The molecular weight excluding hydrogens is 158 g/mol. The topological polar surface area (TPSA) is 12.0 Å². The van der Waals surface area contributed by atoms with E-state index < -0.39 is 0 Å². The Hall–Kier alpha value is -0.980. The van der Waals surface area contributed by atoms with Crippen LogP contribution < -0.4 is 5.32 Å². The van der Waals surface area contributed by atoms with Gasteiger partial charge in [0.15, 0.2) is 0 Å². The molecule has 0 saturated heterocycles. The highest BCUT2D eigenvalue weighted by molar-refractivity contribution is 5.44. The summed E-state index contributed by atoms with van der Waals surface area (Å²) in [6, 6.07) is 8.71. The summed E-state index contributed by atoms with van der Waals surface area (Å²) in [5.74, 6) is 0.625. The van der Waals surface area contributed by atoms with E-state index in [9.17, 15) is 0 Å². The Morgan fingerprint density at radius 1 is 1.15 bits per heavy atom. The van der Waals surface area contributed by atoms with E-state index in [1.54, 1.807) is 0 Å². The van der Waals surface area contributed by atoms with E-state index in [4.69, 9.17) is 0 Å². The van der Waals surface area contributed by atoms with Crippen molar-refractivity contribution in [3.05, 3.63) is 29.8 Å². The normalized spacial score (nSPS) is 10.5. The van der Waals surface area contributed by atoms with Crippen molar-refractivity contribution in [3.63, 3.8) is 0 Å². The maximum absolute atomic E-state index is 3.36. The number of benzene rings is 1. The summed E-state index contributed by atoms with van der Waals surface area (Å²) >= 11 is 0. The van der Waals surface area contributed by atoms with E-state index in [2.05, 4.69) is 50.4 Å². The fourth-order valence-corrected chi connectivity index (χ4v) is 1.26. The molecule has 0 fully saturated rings. The van der Waals surface area contributed by atoms with Crippen LogP contribution in [0.2, 0.25) is 0 Å². The average Bonchev–Trinajstić information content (AvgIpc) is 2.15. The highest BCUT2D eigenvalue weighted by Gasteiger charge is 1.97. The summed E-state index contributed by atoms with van der Waals surface area (Å²) in [6.45, 7) is 7.67. The van der Waals surface area contributed by atoms with Gasteiger partial charge in [-0.1, -0.05) is 32.9 Å². The molecule has 1 heteroatoms. The molecule has 1 rings (SSSR count). The van der Waals surface area contributed by atoms with Gasteiger partial charge in [-0.3, -0.25) is 0 Å². The van der Waals surface area contributed by atoms with Crippen molar-refractivity contribution in [3.8, 4) is 0 Å². The van der Waals surface area contributed by atoms with E-state index in [0.717, 1.165) is 6.54 Å². The van der Waals surface area contributed by atoms with E-state index in [1.165, 1.54) is 17.7 Å². The van der Waals surface area contributed by atoms with Gasteiger partial charge in [0.1, 0.15) is 0 Å². The van der Waals surface area contributed by atoms with Crippen LogP contribution in [0.15, 0.2) is 24.3 Å². The van der Waals surface area contributed by atoms with Crippen molar-refractivity contribution in [2.75, 3.05) is 11.9 Å². The molecule has 1 nitrogen and oxygen atoms in total. The van der Waals surface area contributed by atoms with Crippen LogP contribution in [0.25, 0.3) is 0 Å². The molecule has 1 N–H and O–H groups in total. The van der Waals surface area contributed by atoms with Crippen LogP contribution >= 0.6 is 0 Å². The molecule has 13 heavy (non-hydrogen) atoms. The standard InChI is InChI=1S/C12H19N/c1-4-9-13-12-7-5-11(6-8-12)10(2)3/h5-8,10,13H,4,9H2,1-3H3. The smallest absolute Gasteiger partial charge is 0.0340 e. The summed E-state index contributed by atoms with van der Waals surface area (Å²) in [6.07, 6.45) is 1.17. The molecule has 0 bridgehead atoms. The first-order valence-corrected chi connectivity index (χ1v) is 5.08. The zero-order valence-corrected chi connectivity index (χ0v) is 8.80. The van der Waals surface area contributed by atoms with Gasteiger partial charge in [-0.05, 0) is 30.0 Å². The largest absolute Gasteiger partial charge is 0.385 e. The predicted molar refractivity (Wildman–Crippen MR) is 59.3 cm³/mol. The monoisotopic (exact) mass is 177 g/mol. The summed E-state index contributed by atoms with van der Waals surface area (Å²) < 4.78 is 0. The fraction of sp³-hybridized carbons (Fsp3) is 0.500. The SMILES string of the molecule is CCCNc1ccc(C(C)C)cc1. The van der Waals surface area contributed by atoms with Crippen LogP contribution in [0.3, 0.4) is 0 Å². The quantitative estimate of drug-likeness (QED) is 0.740. The number of rotatable bonds is 4. The van der Waals surface area contributed by atoms with Crippen LogP contribution in [0, 0.1) is 0 Å². The summed E-state index contributed by atoms with van der Waals surface area (Å²) in [4.78, 5) is 0. The second kappa shape index (κ2) is 4.90. The molecule has 72 valence electrons. The molecule has 0 atom stereocenters. The van der Waals surface area contributed by atoms with Gasteiger partial charge in [0.2, 0.25) is 0 Å². The van der Waals surface area contributed by atoms with Gasteiger partial charge in [0.25, 0.3) is 0 Å². The Morgan fingerprint density at radius 3 is 2.23 bits per heavy atom. The minimum absolute atomic E-state index is 0.625. The third kappa shape index (κ3) is 3.10. The molecule has 0 radical (unpaired) electrons. The van der Waals surface area contributed by atoms with Gasteiger partial charge in [0.05, 0.1) is 0 Å². The van der Waals surface area contributed by atoms with E-state index in [0.29, 0.717) is 5.92 Å². The maximum Gasteiger partial charge on any atom is 0.0340 e. The molecule has 1 aromatic carbocycles. The first-order chi connectivity index (χ1) is 6.24. The minimum Gasteiger partial charge on any atom is -0.385 e. The Balaban J connectivity index is 2.59. The highest BCUT2D eigenvalue weighted by atomic mass is 14.9. The van der Waals surface area contributed by atoms with Crippen molar-refractivity contribution in [2.24, 2.45) is 0 Å². The molecule has 0 aliphatic rings. The molecule has 0 amide bonds. The molecule has 0 aromatic heterocycles. The third-order valence-corrected chi connectivity index (χ3v) is 2.16. The second-order valence-corrected chi connectivity index (χ2v) is 3.70. The van der Waals surface area contributed by atoms with Gasteiger partial charge in [-0.15, -0.1) is 0 Å². The van der Waals surface area contributed by atoms with Crippen LogP contribution in [-0.2, 0) is 0 Å². The molecule has 0 saturated carbocycles. The van der Waals surface area contributed by atoms with Crippen LogP contribution in [-0.4, -0.2) is 6.54 Å². The van der Waals surface area contributed by atoms with Crippen molar-refractivity contribution in [1.82, 2.24) is 0 Å². The van der Waals surface area contributed by atoms with Crippen LogP contribution in [0.5, 0.6) is 0 Å². The van der Waals surface area contributed by atoms with Crippen molar-refractivity contribution in [1.29, 1.82) is 0 Å². The molecule has 0 unspecified atom stereocenters. The molecule has 0 aliphatic heterocycles. The van der Waals surface area contributed by atoms with Gasteiger partial charge in [-0.2, -0.15) is 0 Å². The minimum atomic E-state index is 0.625. The Bertz CT molecular complexity index is 236. The summed E-state index contributed by atoms with van der Waals surface area (Å²) in [7, 11) is 0.